The molecule has 0 radical (unpaired) electrons. The van der Waals surface area contributed by atoms with Gasteiger partial charge in [0.05, 0.1) is 0 Å². The van der Waals surface area contributed by atoms with Crippen LogP contribution in [0.2, 0.25) is 0 Å². The predicted octanol–water partition coefficient (Wildman–Crippen LogP) is 1.94. The lowest BCUT2D eigenvalue weighted by molar-refractivity contribution is 0.0976. The molecule has 0 saturated carbocycles. The number of nitrogens with one attached hydrogen (secondary N) is 2. The topological polar surface area (TPSA) is 44.4 Å². The molecule has 1 amide bonds. The van der Waals surface area contributed by atoms with Crippen molar-refractivity contribution in [3.05, 3.63) is 35.4 Å². The summed E-state index contributed by atoms with van der Waals surface area (Å²) in [4.78, 5) is 14.2. The third-order valence-corrected chi connectivity index (χ3v) is 3.40. The Hall–Kier alpha value is -1.46. The summed E-state index contributed by atoms with van der Waals surface area (Å²) < 4.78 is 0. The van der Waals surface area contributed by atoms with Gasteiger partial charge in [-0.25, -0.2) is 0 Å². The van der Waals surface area contributed by atoms with E-state index in [9.17, 15) is 4.79 Å². The molecule has 1 aromatic carbocycles. The van der Waals surface area contributed by atoms with Crippen molar-refractivity contribution in [3.63, 3.8) is 0 Å². The van der Waals surface area contributed by atoms with E-state index in [1.54, 1.807) is 12.1 Å². The van der Waals surface area contributed by atoms with Gasteiger partial charge in [-0.15, -0.1) is 0 Å². The number of hydrogen-bond acceptors (Lipinski definition) is 3. The van der Waals surface area contributed by atoms with Crippen LogP contribution in [0.1, 0.15) is 29.8 Å². The zero-order chi connectivity index (χ0) is 15.0. The largest absolute Gasteiger partial charge is 0.361 e. The molecule has 0 aliphatic carbocycles. The molecule has 0 fully saturated rings. The average molecular weight is 293 g/mol. The molecular weight excluding hydrogens is 270 g/mol. The normalized spacial score (nSPS) is 10.4. The molecule has 0 aliphatic rings. The molecule has 0 unspecified atom stereocenters. The highest BCUT2D eigenvalue weighted by Gasteiger charge is 2.07. The van der Waals surface area contributed by atoms with Gasteiger partial charge >= 0.3 is 0 Å². The molecule has 1 rings (SSSR count). The predicted molar refractivity (Wildman–Crippen MR) is 87.0 cm³/mol. The number of thiocarbonyl (C=S) groups is 1. The maximum absolute atomic E-state index is 11.9. The van der Waals surface area contributed by atoms with Crippen molar-refractivity contribution in [2.45, 2.75) is 20.8 Å². The highest BCUT2D eigenvalue weighted by atomic mass is 32.1. The Kier molecular flexibility index (Phi) is 7.18. The summed E-state index contributed by atoms with van der Waals surface area (Å²) in [7, 11) is 0. The summed E-state index contributed by atoms with van der Waals surface area (Å²) in [6.45, 7) is 9.91. The number of nitrogens with zero attached hydrogens (tertiary/aromatic N) is 1. The van der Waals surface area contributed by atoms with Crippen LogP contribution in [-0.4, -0.2) is 42.1 Å². The van der Waals surface area contributed by atoms with Gasteiger partial charge in [-0.1, -0.05) is 31.5 Å². The van der Waals surface area contributed by atoms with Gasteiger partial charge in [0, 0.05) is 18.7 Å². The number of benzene rings is 1. The second-order valence-corrected chi connectivity index (χ2v) is 5.01. The van der Waals surface area contributed by atoms with Crippen LogP contribution in [-0.2, 0) is 0 Å². The third kappa shape index (κ3) is 5.67. The summed E-state index contributed by atoms with van der Waals surface area (Å²) in [5, 5.41) is 6.12. The first kappa shape index (κ1) is 16.6. The van der Waals surface area contributed by atoms with E-state index in [-0.39, 0.29) is 5.91 Å². The van der Waals surface area contributed by atoms with Crippen molar-refractivity contribution in [1.82, 2.24) is 15.5 Å². The quantitative estimate of drug-likeness (QED) is 0.787. The van der Waals surface area contributed by atoms with Gasteiger partial charge in [0.1, 0.15) is 0 Å². The molecule has 4 nitrogen and oxygen atoms in total. The molecule has 0 aromatic heterocycles. The molecule has 20 heavy (non-hydrogen) atoms. The van der Waals surface area contributed by atoms with Gasteiger partial charge in [0.2, 0.25) is 0 Å². The Morgan fingerprint density at radius 1 is 1.20 bits per heavy atom. The van der Waals surface area contributed by atoms with Gasteiger partial charge in [-0.05, 0) is 44.4 Å². The number of hydrogen-bond donors (Lipinski definition) is 2. The summed E-state index contributed by atoms with van der Waals surface area (Å²) >= 11 is 5.12. The lowest BCUT2D eigenvalue weighted by atomic mass is 10.1. The fourth-order valence-corrected chi connectivity index (χ4v) is 1.99. The first-order valence-corrected chi connectivity index (χ1v) is 7.35. The molecule has 0 aliphatic heterocycles. The monoisotopic (exact) mass is 293 g/mol. The first-order valence-electron chi connectivity index (χ1n) is 6.95. The minimum absolute atomic E-state index is 0.176. The van der Waals surface area contributed by atoms with Crippen LogP contribution in [0.3, 0.4) is 0 Å². The molecule has 5 heteroatoms. The zero-order valence-corrected chi connectivity index (χ0v) is 13.2. The van der Waals surface area contributed by atoms with E-state index in [1.807, 2.05) is 19.1 Å². The molecule has 1 aromatic rings. The van der Waals surface area contributed by atoms with Crippen molar-refractivity contribution >= 4 is 23.2 Å². The summed E-state index contributed by atoms with van der Waals surface area (Å²) in [6, 6.07) is 7.41. The molecular formula is C15H23N3OS. The molecule has 110 valence electrons. The number of likely N-dealkylation sites (N-methyl/N-ethyl adjacent to an activating group) is 1. The van der Waals surface area contributed by atoms with E-state index >= 15 is 0 Å². The van der Waals surface area contributed by atoms with Gasteiger partial charge in [0.15, 0.2) is 5.11 Å². The van der Waals surface area contributed by atoms with Crippen molar-refractivity contribution in [2.24, 2.45) is 0 Å². The second kappa shape index (κ2) is 8.66. The van der Waals surface area contributed by atoms with Crippen LogP contribution in [0.25, 0.3) is 0 Å². The smallest absolute Gasteiger partial charge is 0.257 e. The molecule has 0 atom stereocenters. The van der Waals surface area contributed by atoms with E-state index in [2.05, 4.69) is 29.4 Å². The molecule has 0 bridgehead atoms. The first-order chi connectivity index (χ1) is 9.56. The van der Waals surface area contributed by atoms with E-state index < -0.39 is 0 Å². The van der Waals surface area contributed by atoms with E-state index in [0.717, 1.165) is 31.7 Å². The highest BCUT2D eigenvalue weighted by molar-refractivity contribution is 7.80. The minimum Gasteiger partial charge on any atom is -0.361 e. The Morgan fingerprint density at radius 3 is 2.35 bits per heavy atom. The van der Waals surface area contributed by atoms with Crippen LogP contribution in [0.15, 0.2) is 24.3 Å². The van der Waals surface area contributed by atoms with Gasteiger partial charge in [-0.2, -0.15) is 0 Å². The number of aryl methyl sites for hydroxylation is 1. The maximum Gasteiger partial charge on any atom is 0.257 e. The second-order valence-electron chi connectivity index (χ2n) is 4.60. The number of rotatable bonds is 6. The SMILES string of the molecule is CCN(CC)CCNC(=S)NC(=O)c1ccc(C)cc1. The molecule has 2 N–H and O–H groups in total. The highest BCUT2D eigenvalue weighted by Crippen LogP contribution is 2.02. The van der Waals surface area contributed by atoms with Crippen LogP contribution in [0.4, 0.5) is 0 Å². The number of carbonyl (C=O) groups excluding carboxylic acids is 1. The van der Waals surface area contributed by atoms with E-state index in [1.165, 1.54) is 0 Å². The molecule has 0 saturated heterocycles. The van der Waals surface area contributed by atoms with Crippen molar-refractivity contribution in [3.8, 4) is 0 Å². The third-order valence-electron chi connectivity index (χ3n) is 3.15. The molecule has 0 spiro atoms. The minimum atomic E-state index is -0.176. The summed E-state index contributed by atoms with van der Waals surface area (Å²) in [5.74, 6) is -0.176. The fourth-order valence-electron chi connectivity index (χ4n) is 1.79. The van der Waals surface area contributed by atoms with Gasteiger partial charge in [0.25, 0.3) is 5.91 Å². The Balaban J connectivity index is 2.35. The number of carbonyl (C=O) groups is 1. The lowest BCUT2D eigenvalue weighted by Gasteiger charge is -2.18. The van der Waals surface area contributed by atoms with Crippen molar-refractivity contribution < 1.29 is 4.79 Å². The average Bonchev–Trinajstić information content (AvgIpc) is 2.44. The maximum atomic E-state index is 11.9. The van der Waals surface area contributed by atoms with Crippen LogP contribution in [0, 0.1) is 6.92 Å². The Labute approximate surface area is 126 Å². The van der Waals surface area contributed by atoms with Crippen molar-refractivity contribution in [1.29, 1.82) is 0 Å². The number of amides is 1. The van der Waals surface area contributed by atoms with E-state index in [0.29, 0.717) is 10.7 Å². The molecule has 0 heterocycles. The zero-order valence-electron chi connectivity index (χ0n) is 12.4. The van der Waals surface area contributed by atoms with Crippen LogP contribution in [0.5, 0.6) is 0 Å². The van der Waals surface area contributed by atoms with Gasteiger partial charge < -0.3 is 10.2 Å². The van der Waals surface area contributed by atoms with Crippen molar-refractivity contribution in [2.75, 3.05) is 26.2 Å². The Morgan fingerprint density at radius 2 is 1.80 bits per heavy atom. The van der Waals surface area contributed by atoms with Gasteiger partial charge in [-0.3, -0.25) is 10.1 Å². The summed E-state index contributed by atoms with van der Waals surface area (Å²) in [5.41, 5.74) is 1.74. The van der Waals surface area contributed by atoms with E-state index in [4.69, 9.17) is 12.2 Å². The fraction of sp³-hybridized carbons (Fsp3) is 0.467. The van der Waals surface area contributed by atoms with Crippen LogP contribution >= 0.6 is 12.2 Å². The van der Waals surface area contributed by atoms with Crippen LogP contribution < -0.4 is 10.6 Å². The lowest BCUT2D eigenvalue weighted by Crippen LogP contribution is -2.42. The summed E-state index contributed by atoms with van der Waals surface area (Å²) in [6.07, 6.45) is 0. The standard InChI is InChI=1S/C15H23N3OS/c1-4-18(5-2)11-10-16-15(20)17-14(19)13-8-6-12(3)7-9-13/h6-9H,4-5,10-11H2,1-3H3,(H2,16,17,19,20). The Bertz CT molecular complexity index is 441.